The van der Waals surface area contributed by atoms with Gasteiger partial charge in [-0.3, -0.25) is 9.59 Å². The topological polar surface area (TPSA) is 76.7 Å². The molecule has 0 fully saturated rings. The highest BCUT2D eigenvalue weighted by atomic mass is 19.3. The van der Waals surface area contributed by atoms with Crippen LogP contribution in [0, 0.1) is 0 Å². The summed E-state index contributed by atoms with van der Waals surface area (Å²) in [6, 6.07) is 12.4. The number of halogens is 2. The molecule has 2 aromatic carbocycles. The number of nitrogens with one attached hydrogen (secondary N) is 2. The summed E-state index contributed by atoms with van der Waals surface area (Å²) in [5.41, 5.74) is 1.07. The fourth-order valence-corrected chi connectivity index (χ4v) is 2.26. The van der Waals surface area contributed by atoms with Gasteiger partial charge in [0.1, 0.15) is 6.04 Å². The van der Waals surface area contributed by atoms with Crippen molar-refractivity contribution in [3.63, 3.8) is 0 Å². The molecule has 0 saturated heterocycles. The summed E-state index contributed by atoms with van der Waals surface area (Å²) in [5.74, 6) is -1.07. The summed E-state index contributed by atoms with van der Waals surface area (Å²) >= 11 is 0. The molecule has 8 heteroatoms. The van der Waals surface area contributed by atoms with Crippen molar-refractivity contribution in [2.45, 2.75) is 19.6 Å². The molecule has 0 unspecified atom stereocenters. The number of carbonyl (C=O) groups excluding carboxylic acids is 2. The molecule has 0 aliphatic heterocycles. The minimum atomic E-state index is -3.03. The van der Waals surface area contributed by atoms with Crippen molar-refractivity contribution in [2.75, 3.05) is 12.4 Å². The molecule has 28 heavy (non-hydrogen) atoms. The Hall–Kier alpha value is -3.42. The summed E-state index contributed by atoms with van der Waals surface area (Å²) < 4.78 is 34.3. The molecule has 0 spiro atoms. The maximum atomic E-state index is 12.5. The summed E-state index contributed by atoms with van der Waals surface area (Å²) in [5, 5.41) is 5.05. The first kappa shape index (κ1) is 20.9. The van der Waals surface area contributed by atoms with Crippen molar-refractivity contribution in [3.05, 3.63) is 60.2 Å². The molecule has 2 amide bonds. The Morgan fingerprint density at radius 1 is 1.07 bits per heavy atom. The first-order chi connectivity index (χ1) is 13.4. The maximum absolute atomic E-state index is 12.5. The Morgan fingerprint density at radius 2 is 1.79 bits per heavy atom. The molecule has 6 nitrogen and oxygen atoms in total. The van der Waals surface area contributed by atoms with Gasteiger partial charge in [0.25, 0.3) is 0 Å². The fraction of sp³-hybridized carbons (Fsp3) is 0.200. The Bertz CT molecular complexity index is 841. The van der Waals surface area contributed by atoms with Gasteiger partial charge in [-0.25, -0.2) is 0 Å². The van der Waals surface area contributed by atoms with Gasteiger partial charge in [0.05, 0.1) is 7.11 Å². The zero-order chi connectivity index (χ0) is 20.5. The molecule has 148 valence electrons. The van der Waals surface area contributed by atoms with Crippen molar-refractivity contribution < 1.29 is 27.8 Å². The first-order valence-electron chi connectivity index (χ1n) is 8.36. The third kappa shape index (κ3) is 6.39. The van der Waals surface area contributed by atoms with E-state index in [9.17, 15) is 18.4 Å². The van der Waals surface area contributed by atoms with Crippen LogP contribution in [0.1, 0.15) is 12.5 Å². The van der Waals surface area contributed by atoms with Gasteiger partial charge < -0.3 is 20.1 Å². The van der Waals surface area contributed by atoms with Crippen molar-refractivity contribution in [1.29, 1.82) is 0 Å². The quantitative estimate of drug-likeness (QED) is 0.677. The van der Waals surface area contributed by atoms with Crippen LogP contribution in [-0.4, -0.2) is 31.6 Å². The van der Waals surface area contributed by atoms with Crippen LogP contribution in [0.5, 0.6) is 11.5 Å². The lowest BCUT2D eigenvalue weighted by molar-refractivity contribution is -0.123. The lowest BCUT2D eigenvalue weighted by atomic mass is 10.2. The van der Waals surface area contributed by atoms with Crippen molar-refractivity contribution >= 4 is 23.6 Å². The van der Waals surface area contributed by atoms with Gasteiger partial charge in [-0.2, -0.15) is 8.78 Å². The van der Waals surface area contributed by atoms with Crippen LogP contribution in [0.4, 0.5) is 14.5 Å². The van der Waals surface area contributed by atoms with E-state index in [1.807, 2.05) is 30.3 Å². The number of ether oxygens (including phenoxy) is 2. The molecule has 2 rings (SSSR count). The van der Waals surface area contributed by atoms with Crippen molar-refractivity contribution in [2.24, 2.45) is 0 Å². The highest BCUT2D eigenvalue weighted by Gasteiger charge is 2.16. The highest BCUT2D eigenvalue weighted by Crippen LogP contribution is 2.31. The number of anilines is 1. The van der Waals surface area contributed by atoms with Gasteiger partial charge in [0, 0.05) is 17.8 Å². The van der Waals surface area contributed by atoms with Crippen molar-refractivity contribution in [1.82, 2.24) is 5.32 Å². The SMILES string of the molecule is COc1ccc(NC(=O)[C@H](C)NC(=O)/C=C/c2ccccc2)cc1OC(F)F. The van der Waals surface area contributed by atoms with Gasteiger partial charge in [-0.05, 0) is 30.7 Å². The average molecular weight is 390 g/mol. The van der Waals surface area contributed by atoms with E-state index in [1.54, 1.807) is 6.08 Å². The molecule has 0 radical (unpaired) electrons. The van der Waals surface area contributed by atoms with Crippen LogP contribution in [0.15, 0.2) is 54.6 Å². The van der Waals surface area contributed by atoms with E-state index in [1.165, 1.54) is 38.3 Å². The Labute approximate surface area is 161 Å². The molecule has 0 bridgehead atoms. The fourth-order valence-electron chi connectivity index (χ4n) is 2.26. The monoisotopic (exact) mass is 390 g/mol. The van der Waals surface area contributed by atoms with Gasteiger partial charge in [0.15, 0.2) is 11.5 Å². The van der Waals surface area contributed by atoms with E-state index in [0.29, 0.717) is 0 Å². The Kier molecular flexibility index (Phi) is 7.50. The van der Waals surface area contributed by atoms with E-state index in [-0.39, 0.29) is 17.2 Å². The normalized spacial score (nSPS) is 11.9. The predicted octanol–water partition coefficient (Wildman–Crippen LogP) is 3.45. The number of benzene rings is 2. The summed E-state index contributed by atoms with van der Waals surface area (Å²) in [4.78, 5) is 24.2. The smallest absolute Gasteiger partial charge is 0.387 e. The zero-order valence-corrected chi connectivity index (χ0v) is 15.3. The molecule has 0 aliphatic carbocycles. The molecule has 0 saturated carbocycles. The van der Waals surface area contributed by atoms with Crippen LogP contribution < -0.4 is 20.1 Å². The van der Waals surface area contributed by atoms with E-state index in [0.717, 1.165) is 5.56 Å². The predicted molar refractivity (Wildman–Crippen MR) is 101 cm³/mol. The average Bonchev–Trinajstić information content (AvgIpc) is 2.67. The number of carbonyl (C=O) groups is 2. The summed E-state index contributed by atoms with van der Waals surface area (Å²) in [6.45, 7) is -1.53. The van der Waals surface area contributed by atoms with E-state index in [4.69, 9.17) is 4.74 Å². The Balaban J connectivity index is 1.96. The van der Waals surface area contributed by atoms with Gasteiger partial charge in [-0.15, -0.1) is 0 Å². The molecule has 1 atom stereocenters. The maximum Gasteiger partial charge on any atom is 0.387 e. The second-order valence-corrected chi connectivity index (χ2v) is 5.71. The highest BCUT2D eigenvalue weighted by molar-refractivity contribution is 5.99. The number of hydrogen-bond donors (Lipinski definition) is 2. The molecule has 0 aliphatic rings. The number of amides is 2. The van der Waals surface area contributed by atoms with Crippen LogP contribution in [-0.2, 0) is 9.59 Å². The van der Waals surface area contributed by atoms with Gasteiger partial charge in [0.2, 0.25) is 11.8 Å². The molecular formula is C20H20F2N2O4. The third-order valence-corrected chi connectivity index (χ3v) is 3.63. The standard InChI is InChI=1S/C20H20F2N2O4/c1-13(23-18(25)11-8-14-6-4-3-5-7-14)19(26)24-15-9-10-16(27-2)17(12-15)28-20(21)22/h3-13,20H,1-2H3,(H,23,25)(H,24,26)/b11-8+/t13-/m0/s1. The third-order valence-electron chi connectivity index (χ3n) is 3.63. The van der Waals surface area contributed by atoms with Gasteiger partial charge in [-0.1, -0.05) is 30.3 Å². The first-order valence-corrected chi connectivity index (χ1v) is 8.36. The Morgan fingerprint density at radius 3 is 2.43 bits per heavy atom. The lowest BCUT2D eigenvalue weighted by Crippen LogP contribution is -2.40. The van der Waals surface area contributed by atoms with Crippen LogP contribution >= 0.6 is 0 Å². The van der Waals surface area contributed by atoms with Crippen LogP contribution in [0.3, 0.4) is 0 Å². The van der Waals surface area contributed by atoms with E-state index < -0.39 is 24.5 Å². The lowest BCUT2D eigenvalue weighted by Gasteiger charge is -2.15. The molecule has 2 N–H and O–H groups in total. The minimum Gasteiger partial charge on any atom is -0.493 e. The van der Waals surface area contributed by atoms with Crippen LogP contribution in [0.2, 0.25) is 0 Å². The summed E-state index contributed by atoms with van der Waals surface area (Å²) in [7, 11) is 1.31. The second kappa shape index (κ2) is 10.1. The number of rotatable bonds is 8. The molecule has 0 aromatic heterocycles. The van der Waals surface area contributed by atoms with Gasteiger partial charge >= 0.3 is 6.61 Å². The minimum absolute atomic E-state index is 0.102. The number of methoxy groups -OCH3 is 1. The van der Waals surface area contributed by atoms with E-state index >= 15 is 0 Å². The largest absolute Gasteiger partial charge is 0.493 e. The molecule has 2 aromatic rings. The number of hydrogen-bond acceptors (Lipinski definition) is 4. The zero-order valence-electron chi connectivity index (χ0n) is 15.3. The van der Waals surface area contributed by atoms with Crippen LogP contribution in [0.25, 0.3) is 6.08 Å². The molecular weight excluding hydrogens is 370 g/mol. The second-order valence-electron chi connectivity index (χ2n) is 5.71. The van der Waals surface area contributed by atoms with E-state index in [2.05, 4.69) is 15.4 Å². The number of alkyl halides is 2. The molecule has 0 heterocycles. The summed E-state index contributed by atoms with van der Waals surface area (Å²) in [6.07, 6.45) is 2.94. The van der Waals surface area contributed by atoms with Crippen molar-refractivity contribution in [3.8, 4) is 11.5 Å².